The van der Waals surface area contributed by atoms with E-state index in [2.05, 4.69) is 6.92 Å². The van der Waals surface area contributed by atoms with Crippen LogP contribution in [0.25, 0.3) is 6.08 Å². The highest BCUT2D eigenvalue weighted by molar-refractivity contribution is 8.26. The molecule has 6 heteroatoms. The lowest BCUT2D eigenvalue weighted by Gasteiger charge is -2.13. The summed E-state index contributed by atoms with van der Waals surface area (Å²) in [6.07, 6.45) is 3.95. The van der Waals surface area contributed by atoms with E-state index in [9.17, 15) is 4.79 Å². The van der Waals surface area contributed by atoms with Gasteiger partial charge in [-0.05, 0) is 18.6 Å². The number of nitrogens with zero attached hydrogens (tertiary/aromatic N) is 1. The van der Waals surface area contributed by atoms with Crippen molar-refractivity contribution in [3.05, 3.63) is 34.7 Å². The van der Waals surface area contributed by atoms with E-state index in [1.807, 2.05) is 30.3 Å². The van der Waals surface area contributed by atoms with E-state index in [0.717, 1.165) is 24.2 Å². The molecule has 0 spiro atoms. The third-order valence-electron chi connectivity index (χ3n) is 3.35. The first-order chi connectivity index (χ1) is 11.2. The summed E-state index contributed by atoms with van der Waals surface area (Å²) in [6, 6.07) is 7.74. The highest BCUT2D eigenvalue weighted by atomic mass is 32.2. The van der Waals surface area contributed by atoms with Gasteiger partial charge in [0.05, 0.1) is 24.7 Å². The maximum absolute atomic E-state index is 12.5. The van der Waals surface area contributed by atoms with Crippen LogP contribution in [-0.4, -0.2) is 42.0 Å². The van der Waals surface area contributed by atoms with Gasteiger partial charge in [-0.3, -0.25) is 9.69 Å². The molecule has 4 nitrogen and oxygen atoms in total. The zero-order valence-electron chi connectivity index (χ0n) is 13.4. The van der Waals surface area contributed by atoms with Crippen molar-refractivity contribution >= 4 is 40.3 Å². The number of carbonyl (C=O) groups is 1. The van der Waals surface area contributed by atoms with Crippen molar-refractivity contribution < 1.29 is 14.3 Å². The quantitative estimate of drug-likeness (QED) is 0.405. The topological polar surface area (TPSA) is 38.8 Å². The van der Waals surface area contributed by atoms with Gasteiger partial charge in [-0.1, -0.05) is 55.5 Å². The normalized spacial score (nSPS) is 16.4. The van der Waals surface area contributed by atoms with Crippen molar-refractivity contribution in [3.8, 4) is 5.75 Å². The Morgan fingerprint density at radius 1 is 1.30 bits per heavy atom. The monoisotopic (exact) mass is 351 g/mol. The van der Waals surface area contributed by atoms with Gasteiger partial charge in [-0.25, -0.2) is 0 Å². The lowest BCUT2D eigenvalue weighted by atomic mass is 10.2. The Bertz CT molecular complexity index is 601. The van der Waals surface area contributed by atoms with Crippen molar-refractivity contribution in [1.29, 1.82) is 0 Å². The zero-order valence-corrected chi connectivity index (χ0v) is 15.0. The number of hydrogen-bond donors (Lipinski definition) is 0. The Morgan fingerprint density at radius 3 is 2.83 bits per heavy atom. The molecule has 0 atom stereocenters. The number of carbonyl (C=O) groups excluding carboxylic acids is 1. The summed E-state index contributed by atoms with van der Waals surface area (Å²) >= 11 is 6.61. The molecule has 1 heterocycles. The maximum atomic E-state index is 12.5. The fraction of sp³-hybridized carbons (Fsp3) is 0.412. The zero-order chi connectivity index (χ0) is 16.7. The van der Waals surface area contributed by atoms with Crippen LogP contribution in [0.15, 0.2) is 29.2 Å². The predicted octanol–water partition coefficient (Wildman–Crippen LogP) is 3.71. The molecule has 23 heavy (non-hydrogen) atoms. The van der Waals surface area contributed by atoms with Crippen LogP contribution in [0, 0.1) is 0 Å². The van der Waals surface area contributed by atoms with Crippen LogP contribution in [0.3, 0.4) is 0 Å². The molecule has 1 aliphatic heterocycles. The van der Waals surface area contributed by atoms with Gasteiger partial charge in [0.25, 0.3) is 5.91 Å². The SMILES string of the molecule is CCCCOc1ccccc1/C=C1\SC(=S)N(CCOC)C1=O. The van der Waals surface area contributed by atoms with Gasteiger partial charge in [0.15, 0.2) is 0 Å². The van der Waals surface area contributed by atoms with Crippen LogP contribution in [0.5, 0.6) is 5.75 Å². The molecule has 0 unspecified atom stereocenters. The van der Waals surface area contributed by atoms with Crippen LogP contribution in [0.2, 0.25) is 0 Å². The molecule has 1 amide bonds. The summed E-state index contributed by atoms with van der Waals surface area (Å²) < 4.78 is 11.4. The van der Waals surface area contributed by atoms with E-state index >= 15 is 0 Å². The third-order valence-corrected chi connectivity index (χ3v) is 4.73. The number of rotatable bonds is 8. The highest BCUT2D eigenvalue weighted by Crippen LogP contribution is 2.34. The summed E-state index contributed by atoms with van der Waals surface area (Å²) in [5.41, 5.74) is 0.899. The summed E-state index contributed by atoms with van der Waals surface area (Å²) in [4.78, 5) is 14.7. The third kappa shape index (κ3) is 4.80. The summed E-state index contributed by atoms with van der Waals surface area (Å²) in [5, 5.41) is 0. The van der Waals surface area contributed by atoms with E-state index in [1.54, 1.807) is 12.0 Å². The fourth-order valence-corrected chi connectivity index (χ4v) is 3.37. The minimum absolute atomic E-state index is 0.0691. The van der Waals surface area contributed by atoms with Gasteiger partial charge in [-0.2, -0.15) is 0 Å². The van der Waals surface area contributed by atoms with Crippen LogP contribution in [0.1, 0.15) is 25.3 Å². The molecule has 1 aliphatic rings. The first-order valence-corrected chi connectivity index (χ1v) is 8.86. The van der Waals surface area contributed by atoms with Crippen molar-refractivity contribution in [2.75, 3.05) is 26.9 Å². The number of para-hydroxylation sites is 1. The number of amides is 1. The second kappa shape index (κ2) is 9.05. The van der Waals surface area contributed by atoms with E-state index in [4.69, 9.17) is 21.7 Å². The second-order valence-corrected chi connectivity index (χ2v) is 6.74. The summed E-state index contributed by atoms with van der Waals surface area (Å²) in [6.45, 7) is 3.75. The number of methoxy groups -OCH3 is 1. The number of ether oxygens (including phenoxy) is 2. The molecule has 1 fully saturated rings. The smallest absolute Gasteiger partial charge is 0.266 e. The van der Waals surface area contributed by atoms with Crippen molar-refractivity contribution in [2.45, 2.75) is 19.8 Å². The highest BCUT2D eigenvalue weighted by Gasteiger charge is 2.31. The van der Waals surface area contributed by atoms with Gasteiger partial charge < -0.3 is 9.47 Å². The van der Waals surface area contributed by atoms with Crippen LogP contribution in [0.4, 0.5) is 0 Å². The number of unbranched alkanes of at least 4 members (excludes halogenated alkanes) is 1. The maximum Gasteiger partial charge on any atom is 0.266 e. The van der Waals surface area contributed by atoms with Gasteiger partial charge in [0, 0.05) is 12.7 Å². The average molecular weight is 351 g/mol. The number of hydrogen-bond acceptors (Lipinski definition) is 5. The number of thioether (sulfide) groups is 1. The van der Waals surface area contributed by atoms with E-state index in [1.165, 1.54) is 11.8 Å². The summed E-state index contributed by atoms with van der Waals surface area (Å²) in [5.74, 6) is 0.725. The Labute approximate surface area is 146 Å². The molecular formula is C17H21NO3S2. The van der Waals surface area contributed by atoms with E-state index in [-0.39, 0.29) is 5.91 Å². The second-order valence-electron chi connectivity index (χ2n) is 5.07. The molecule has 2 rings (SSSR count). The van der Waals surface area contributed by atoms with Crippen LogP contribution in [-0.2, 0) is 9.53 Å². The molecule has 1 aromatic carbocycles. The fourth-order valence-electron chi connectivity index (χ4n) is 2.07. The molecule has 0 N–H and O–H groups in total. The summed E-state index contributed by atoms with van der Waals surface area (Å²) in [7, 11) is 1.61. The molecule has 1 aromatic rings. The molecule has 1 saturated heterocycles. The molecule has 0 bridgehead atoms. The minimum Gasteiger partial charge on any atom is -0.493 e. The predicted molar refractivity (Wildman–Crippen MR) is 98.6 cm³/mol. The standard InChI is InChI=1S/C17H21NO3S2/c1-3-4-10-21-14-8-6-5-7-13(14)12-15-16(19)18(9-11-20-2)17(22)23-15/h5-8,12H,3-4,9-11H2,1-2H3/b15-12-. The molecular weight excluding hydrogens is 330 g/mol. The number of thiocarbonyl (C=S) groups is 1. The minimum atomic E-state index is -0.0691. The van der Waals surface area contributed by atoms with Crippen molar-refractivity contribution in [2.24, 2.45) is 0 Å². The lowest BCUT2D eigenvalue weighted by molar-refractivity contribution is -0.122. The van der Waals surface area contributed by atoms with Gasteiger partial charge in [-0.15, -0.1) is 0 Å². The molecule has 0 aromatic heterocycles. The first-order valence-electron chi connectivity index (χ1n) is 7.63. The van der Waals surface area contributed by atoms with Gasteiger partial charge in [0.2, 0.25) is 0 Å². The molecule has 0 aliphatic carbocycles. The number of benzene rings is 1. The Kier molecular flexibility index (Phi) is 7.08. The largest absolute Gasteiger partial charge is 0.493 e. The van der Waals surface area contributed by atoms with Crippen LogP contribution >= 0.6 is 24.0 Å². The van der Waals surface area contributed by atoms with Crippen LogP contribution < -0.4 is 4.74 Å². The first kappa shape index (κ1) is 18.0. The Balaban J connectivity index is 2.15. The Morgan fingerprint density at radius 2 is 2.09 bits per heavy atom. The lowest BCUT2D eigenvalue weighted by Crippen LogP contribution is -2.31. The van der Waals surface area contributed by atoms with E-state index in [0.29, 0.717) is 29.0 Å². The van der Waals surface area contributed by atoms with Gasteiger partial charge in [0.1, 0.15) is 10.1 Å². The van der Waals surface area contributed by atoms with Crippen molar-refractivity contribution in [1.82, 2.24) is 4.90 Å². The molecule has 0 saturated carbocycles. The molecule has 0 radical (unpaired) electrons. The molecule has 124 valence electrons. The Hall–Kier alpha value is -1.37. The average Bonchev–Trinajstić information content (AvgIpc) is 2.81. The van der Waals surface area contributed by atoms with E-state index < -0.39 is 0 Å². The van der Waals surface area contributed by atoms with Gasteiger partial charge >= 0.3 is 0 Å². The van der Waals surface area contributed by atoms with Crippen molar-refractivity contribution in [3.63, 3.8) is 0 Å².